The lowest BCUT2D eigenvalue weighted by molar-refractivity contribution is 0.185. The summed E-state index contributed by atoms with van der Waals surface area (Å²) in [5, 5.41) is 2.77. The topological polar surface area (TPSA) is 66.5 Å². The molecule has 6 heteroatoms. The molecule has 0 aromatic rings. The summed E-state index contributed by atoms with van der Waals surface area (Å²) in [5.74, 6) is 0.129. The van der Waals surface area contributed by atoms with Gasteiger partial charge < -0.3 is 10.2 Å². The van der Waals surface area contributed by atoms with E-state index >= 15 is 0 Å². The first-order valence-corrected chi connectivity index (χ1v) is 7.83. The molecule has 0 aromatic carbocycles. The fraction of sp³-hybridized carbons (Fsp3) is 0.909. The van der Waals surface area contributed by atoms with Crippen molar-refractivity contribution in [3.63, 3.8) is 0 Å². The number of amides is 2. The molecule has 0 heterocycles. The zero-order valence-corrected chi connectivity index (χ0v) is 12.2. The summed E-state index contributed by atoms with van der Waals surface area (Å²) in [4.78, 5) is 13.4. The SMILES string of the molecule is CCN(C(=O)NC(C)C)C(C)CS(=O)(=O)CC. The Labute approximate surface area is 104 Å². The normalized spacial score (nSPS) is 13.5. The Kier molecular flexibility index (Phi) is 6.52. The molecule has 1 unspecified atom stereocenters. The number of carbonyl (C=O) groups excluding carboxylic acids is 1. The van der Waals surface area contributed by atoms with Gasteiger partial charge in [0.25, 0.3) is 0 Å². The lowest BCUT2D eigenvalue weighted by Crippen LogP contribution is -2.49. The van der Waals surface area contributed by atoms with Crippen LogP contribution >= 0.6 is 0 Å². The molecule has 0 aliphatic carbocycles. The first-order chi connectivity index (χ1) is 7.73. The van der Waals surface area contributed by atoms with E-state index in [1.807, 2.05) is 20.8 Å². The van der Waals surface area contributed by atoms with Crippen LogP contribution in [-0.2, 0) is 9.84 Å². The van der Waals surface area contributed by atoms with Gasteiger partial charge in [0.05, 0.1) is 5.75 Å². The average Bonchev–Trinajstić information content (AvgIpc) is 2.16. The summed E-state index contributed by atoms with van der Waals surface area (Å²) in [7, 11) is -3.06. The average molecular weight is 264 g/mol. The number of sulfone groups is 1. The molecule has 1 atom stereocenters. The lowest BCUT2D eigenvalue weighted by atomic mass is 10.3. The number of nitrogens with zero attached hydrogens (tertiary/aromatic N) is 1. The molecule has 102 valence electrons. The Bertz CT molecular complexity index is 339. The van der Waals surface area contributed by atoms with Gasteiger partial charge in [0.2, 0.25) is 0 Å². The van der Waals surface area contributed by atoms with Crippen molar-refractivity contribution in [3.05, 3.63) is 0 Å². The molecule has 0 aliphatic heterocycles. The molecule has 0 saturated carbocycles. The van der Waals surface area contributed by atoms with Crippen LogP contribution in [0.3, 0.4) is 0 Å². The molecule has 0 spiro atoms. The van der Waals surface area contributed by atoms with Crippen LogP contribution in [0.25, 0.3) is 0 Å². The molecule has 1 N–H and O–H groups in total. The van der Waals surface area contributed by atoms with E-state index in [1.54, 1.807) is 18.7 Å². The fourth-order valence-electron chi connectivity index (χ4n) is 1.56. The van der Waals surface area contributed by atoms with E-state index < -0.39 is 9.84 Å². The third-order valence-electron chi connectivity index (χ3n) is 2.48. The molecule has 5 nitrogen and oxygen atoms in total. The van der Waals surface area contributed by atoms with Gasteiger partial charge in [-0.3, -0.25) is 0 Å². The first kappa shape index (κ1) is 16.2. The third-order valence-corrected chi connectivity index (χ3v) is 4.35. The first-order valence-electron chi connectivity index (χ1n) is 6.01. The van der Waals surface area contributed by atoms with E-state index in [0.29, 0.717) is 6.54 Å². The highest BCUT2D eigenvalue weighted by Crippen LogP contribution is 2.04. The van der Waals surface area contributed by atoms with Crippen LogP contribution < -0.4 is 5.32 Å². The van der Waals surface area contributed by atoms with Gasteiger partial charge in [-0.2, -0.15) is 0 Å². The second-order valence-electron chi connectivity index (χ2n) is 4.44. The van der Waals surface area contributed by atoms with Crippen LogP contribution in [-0.4, -0.2) is 49.5 Å². The van der Waals surface area contributed by atoms with E-state index in [4.69, 9.17) is 0 Å². The second-order valence-corrected chi connectivity index (χ2v) is 6.84. The van der Waals surface area contributed by atoms with Crippen LogP contribution in [0.4, 0.5) is 4.79 Å². The van der Waals surface area contributed by atoms with Crippen molar-refractivity contribution >= 4 is 15.9 Å². The lowest BCUT2D eigenvalue weighted by Gasteiger charge is -2.28. The predicted molar refractivity (Wildman–Crippen MR) is 69.8 cm³/mol. The molecule has 0 aliphatic rings. The Balaban J connectivity index is 4.61. The minimum Gasteiger partial charge on any atom is -0.336 e. The van der Waals surface area contributed by atoms with Crippen LogP contribution in [0.2, 0.25) is 0 Å². The van der Waals surface area contributed by atoms with Gasteiger partial charge in [-0.15, -0.1) is 0 Å². The van der Waals surface area contributed by atoms with Gasteiger partial charge >= 0.3 is 6.03 Å². The maximum atomic E-state index is 11.8. The van der Waals surface area contributed by atoms with Crippen molar-refractivity contribution in [3.8, 4) is 0 Å². The summed E-state index contributed by atoms with van der Waals surface area (Å²) < 4.78 is 23.0. The van der Waals surface area contributed by atoms with Gasteiger partial charge in [0.1, 0.15) is 0 Å². The maximum absolute atomic E-state index is 11.8. The molecule has 0 bridgehead atoms. The molecular formula is C11H24N2O3S. The summed E-state index contributed by atoms with van der Waals surface area (Å²) in [6.07, 6.45) is 0. The van der Waals surface area contributed by atoms with Gasteiger partial charge in [-0.1, -0.05) is 6.92 Å². The van der Waals surface area contributed by atoms with Gasteiger partial charge in [0.15, 0.2) is 9.84 Å². The van der Waals surface area contributed by atoms with Crippen LogP contribution in [0.15, 0.2) is 0 Å². The van der Waals surface area contributed by atoms with Crippen LogP contribution in [0.5, 0.6) is 0 Å². The maximum Gasteiger partial charge on any atom is 0.317 e. The van der Waals surface area contributed by atoms with E-state index in [-0.39, 0.29) is 29.6 Å². The van der Waals surface area contributed by atoms with Crippen LogP contribution in [0, 0.1) is 0 Å². The number of hydrogen-bond acceptors (Lipinski definition) is 3. The Morgan fingerprint density at radius 3 is 2.12 bits per heavy atom. The predicted octanol–water partition coefficient (Wildman–Crippen LogP) is 1.25. The molecular weight excluding hydrogens is 240 g/mol. The summed E-state index contributed by atoms with van der Waals surface area (Å²) in [5.41, 5.74) is 0. The van der Waals surface area contributed by atoms with E-state index in [9.17, 15) is 13.2 Å². The molecule has 17 heavy (non-hydrogen) atoms. The van der Waals surface area contributed by atoms with Crippen molar-refractivity contribution in [1.82, 2.24) is 10.2 Å². The number of rotatable bonds is 6. The summed E-state index contributed by atoms with van der Waals surface area (Å²) in [6.45, 7) is 9.47. The fourth-order valence-corrected chi connectivity index (χ4v) is 2.71. The Hall–Kier alpha value is -0.780. The molecule has 0 saturated heterocycles. The van der Waals surface area contributed by atoms with E-state index in [0.717, 1.165) is 0 Å². The highest BCUT2D eigenvalue weighted by Gasteiger charge is 2.23. The van der Waals surface area contributed by atoms with Crippen molar-refractivity contribution in [2.45, 2.75) is 46.7 Å². The minimum atomic E-state index is -3.06. The zero-order valence-electron chi connectivity index (χ0n) is 11.4. The number of carbonyl (C=O) groups is 1. The van der Waals surface area contributed by atoms with Gasteiger partial charge in [0, 0.05) is 24.4 Å². The monoisotopic (exact) mass is 264 g/mol. The minimum absolute atomic E-state index is 0.0167. The highest BCUT2D eigenvalue weighted by atomic mass is 32.2. The van der Waals surface area contributed by atoms with Crippen molar-refractivity contribution in [2.75, 3.05) is 18.1 Å². The molecule has 0 rings (SSSR count). The van der Waals surface area contributed by atoms with Crippen molar-refractivity contribution in [2.24, 2.45) is 0 Å². The van der Waals surface area contributed by atoms with Gasteiger partial charge in [-0.05, 0) is 27.7 Å². The molecule has 0 aromatic heterocycles. The van der Waals surface area contributed by atoms with E-state index in [2.05, 4.69) is 5.32 Å². The smallest absolute Gasteiger partial charge is 0.317 e. The third kappa shape index (κ3) is 5.91. The molecule has 0 fully saturated rings. The van der Waals surface area contributed by atoms with E-state index in [1.165, 1.54) is 0 Å². The standard InChI is InChI=1S/C11H24N2O3S/c1-6-13(11(14)12-9(3)4)10(5)8-17(15,16)7-2/h9-10H,6-8H2,1-5H3,(H,12,14). The number of nitrogens with one attached hydrogen (secondary N) is 1. The van der Waals surface area contributed by atoms with Crippen molar-refractivity contribution < 1.29 is 13.2 Å². The van der Waals surface area contributed by atoms with Crippen molar-refractivity contribution in [1.29, 1.82) is 0 Å². The highest BCUT2D eigenvalue weighted by molar-refractivity contribution is 7.91. The molecule has 0 radical (unpaired) electrons. The summed E-state index contributed by atoms with van der Waals surface area (Å²) in [6, 6.07) is -0.462. The Morgan fingerprint density at radius 1 is 1.24 bits per heavy atom. The second kappa shape index (κ2) is 6.83. The van der Waals surface area contributed by atoms with Crippen LogP contribution in [0.1, 0.15) is 34.6 Å². The Morgan fingerprint density at radius 2 is 1.76 bits per heavy atom. The zero-order chi connectivity index (χ0) is 13.6. The largest absolute Gasteiger partial charge is 0.336 e. The molecule has 2 amide bonds. The number of hydrogen-bond donors (Lipinski definition) is 1. The summed E-state index contributed by atoms with van der Waals surface area (Å²) >= 11 is 0. The number of urea groups is 1. The quantitative estimate of drug-likeness (QED) is 0.785. The van der Waals surface area contributed by atoms with Gasteiger partial charge in [-0.25, -0.2) is 13.2 Å².